The maximum Gasteiger partial charge on any atom is 0.260 e. The highest BCUT2D eigenvalue weighted by atomic mass is 35.5. The van der Waals surface area contributed by atoms with Crippen LogP contribution in [0.15, 0.2) is 28.4 Å². The van der Waals surface area contributed by atoms with Gasteiger partial charge >= 0.3 is 0 Å². The molecule has 0 aliphatic heterocycles. The lowest BCUT2D eigenvalue weighted by molar-refractivity contribution is 0.917. The number of aromatic amines is 1. The minimum Gasteiger partial charge on any atom is -0.309 e. The molecule has 6 heteroatoms. The molecule has 0 aliphatic carbocycles. The summed E-state index contributed by atoms with van der Waals surface area (Å²) >= 11 is 13.5. The van der Waals surface area contributed by atoms with Crippen molar-refractivity contribution < 1.29 is 0 Å². The first-order chi connectivity index (χ1) is 9.97. The number of nitrogens with one attached hydrogen (secondary N) is 1. The fraction of sp³-hybridized carbons (Fsp3) is 0.200. The van der Waals surface area contributed by atoms with E-state index in [1.807, 2.05) is 30.5 Å². The zero-order chi connectivity index (χ0) is 15.1. The smallest absolute Gasteiger partial charge is 0.260 e. The third-order valence-corrected chi connectivity index (χ3v) is 4.81. The van der Waals surface area contributed by atoms with Crippen LogP contribution in [-0.4, -0.2) is 9.97 Å². The number of benzene rings is 1. The molecule has 2 aromatic heterocycles. The van der Waals surface area contributed by atoms with Gasteiger partial charge < -0.3 is 4.98 Å². The first-order valence-corrected chi connectivity index (χ1v) is 8.09. The van der Waals surface area contributed by atoms with Gasteiger partial charge in [0.25, 0.3) is 5.56 Å². The molecule has 21 heavy (non-hydrogen) atoms. The number of rotatable bonds is 2. The van der Waals surface area contributed by atoms with E-state index in [4.69, 9.17) is 23.2 Å². The van der Waals surface area contributed by atoms with Crippen molar-refractivity contribution in [2.45, 2.75) is 19.2 Å². The minimum absolute atomic E-state index is 0.161. The van der Waals surface area contributed by atoms with Crippen molar-refractivity contribution in [2.75, 3.05) is 0 Å². The molecule has 1 N–H and O–H groups in total. The van der Waals surface area contributed by atoms with Crippen molar-refractivity contribution in [3.05, 3.63) is 50.3 Å². The van der Waals surface area contributed by atoms with Crippen LogP contribution in [0.2, 0.25) is 5.02 Å². The predicted octanol–water partition coefficient (Wildman–Crippen LogP) is 4.91. The van der Waals surface area contributed by atoms with Crippen LogP contribution >= 0.6 is 34.5 Å². The molecular weight excluding hydrogens is 327 g/mol. The fourth-order valence-electron chi connectivity index (χ4n) is 2.18. The van der Waals surface area contributed by atoms with E-state index in [9.17, 15) is 4.79 Å². The number of hydrogen-bond acceptors (Lipinski definition) is 3. The van der Waals surface area contributed by atoms with E-state index in [-0.39, 0.29) is 10.9 Å². The van der Waals surface area contributed by atoms with Crippen LogP contribution in [-0.2, 0) is 0 Å². The predicted molar refractivity (Wildman–Crippen MR) is 89.7 cm³/mol. The first-order valence-electron chi connectivity index (χ1n) is 6.39. The SMILES string of the molecule is Cc1cc(-c2csc3nc(C(C)Cl)[nH]c(=O)c23)ccc1Cl. The van der Waals surface area contributed by atoms with Gasteiger partial charge in [-0.15, -0.1) is 22.9 Å². The summed E-state index contributed by atoms with van der Waals surface area (Å²) in [6.45, 7) is 3.72. The lowest BCUT2D eigenvalue weighted by Gasteiger charge is -2.04. The highest BCUT2D eigenvalue weighted by Gasteiger charge is 2.15. The maximum absolute atomic E-state index is 12.3. The van der Waals surface area contributed by atoms with Gasteiger partial charge in [0.15, 0.2) is 0 Å². The van der Waals surface area contributed by atoms with Crippen molar-refractivity contribution >= 4 is 44.8 Å². The van der Waals surface area contributed by atoms with Crippen LogP contribution < -0.4 is 5.56 Å². The van der Waals surface area contributed by atoms with Crippen molar-refractivity contribution in [3.63, 3.8) is 0 Å². The zero-order valence-corrected chi connectivity index (χ0v) is 13.7. The Kier molecular flexibility index (Phi) is 3.78. The Morgan fingerprint density at radius 2 is 2.14 bits per heavy atom. The zero-order valence-electron chi connectivity index (χ0n) is 11.4. The fourth-order valence-corrected chi connectivity index (χ4v) is 3.35. The molecule has 0 spiro atoms. The maximum atomic E-state index is 12.3. The number of thiophene rings is 1. The quantitative estimate of drug-likeness (QED) is 0.674. The van der Waals surface area contributed by atoms with Gasteiger partial charge in [0.05, 0.1) is 10.8 Å². The van der Waals surface area contributed by atoms with Crippen molar-refractivity contribution in [1.82, 2.24) is 9.97 Å². The Morgan fingerprint density at radius 3 is 2.81 bits per heavy atom. The number of aromatic nitrogens is 2. The number of hydrogen-bond donors (Lipinski definition) is 1. The standard InChI is InChI=1S/C15H12Cl2N2OS/c1-7-5-9(3-4-11(7)17)10-6-21-15-12(10)14(20)18-13(19-15)8(2)16/h3-6,8H,1-2H3,(H,18,19,20). The molecule has 3 nitrogen and oxygen atoms in total. The summed E-state index contributed by atoms with van der Waals surface area (Å²) in [5.41, 5.74) is 2.65. The van der Waals surface area contributed by atoms with E-state index in [0.717, 1.165) is 16.7 Å². The number of nitrogens with zero attached hydrogens (tertiary/aromatic N) is 1. The topological polar surface area (TPSA) is 45.8 Å². The minimum atomic E-state index is -0.328. The van der Waals surface area contributed by atoms with E-state index in [0.29, 0.717) is 21.1 Å². The molecule has 1 aromatic carbocycles. The second kappa shape index (κ2) is 5.44. The number of fused-ring (bicyclic) bond motifs is 1. The molecule has 3 aromatic rings. The molecule has 0 saturated carbocycles. The van der Waals surface area contributed by atoms with Crippen molar-refractivity contribution in [2.24, 2.45) is 0 Å². The van der Waals surface area contributed by atoms with Crippen LogP contribution in [0, 0.1) is 6.92 Å². The third-order valence-electron chi connectivity index (χ3n) is 3.31. The Labute approximate surface area is 135 Å². The summed E-state index contributed by atoms with van der Waals surface area (Å²) in [5, 5.41) is 2.93. The van der Waals surface area contributed by atoms with Gasteiger partial charge in [0.1, 0.15) is 10.7 Å². The van der Waals surface area contributed by atoms with Crippen LogP contribution in [0.25, 0.3) is 21.3 Å². The molecule has 2 heterocycles. The largest absolute Gasteiger partial charge is 0.309 e. The Morgan fingerprint density at radius 1 is 1.38 bits per heavy atom. The number of H-pyrrole nitrogens is 1. The summed E-state index contributed by atoms with van der Waals surface area (Å²) in [7, 11) is 0. The molecule has 108 valence electrons. The third kappa shape index (κ3) is 2.59. The van der Waals surface area contributed by atoms with E-state index in [1.54, 1.807) is 6.92 Å². The average Bonchev–Trinajstić information content (AvgIpc) is 2.86. The van der Waals surface area contributed by atoms with Crippen LogP contribution in [0.5, 0.6) is 0 Å². The summed E-state index contributed by atoms with van der Waals surface area (Å²) < 4.78 is 0. The Hall–Kier alpha value is -1.36. The molecule has 0 radical (unpaired) electrons. The van der Waals surface area contributed by atoms with Gasteiger partial charge in [0.2, 0.25) is 0 Å². The van der Waals surface area contributed by atoms with Crippen molar-refractivity contribution in [1.29, 1.82) is 0 Å². The first kappa shape index (κ1) is 14.6. The number of alkyl halides is 1. The lowest BCUT2D eigenvalue weighted by Crippen LogP contribution is -2.11. The van der Waals surface area contributed by atoms with Gasteiger partial charge in [-0.2, -0.15) is 0 Å². The molecule has 0 saturated heterocycles. The summed E-state index contributed by atoms with van der Waals surface area (Å²) in [6.07, 6.45) is 0. The Balaban J connectivity index is 2.25. The van der Waals surface area contributed by atoms with E-state index in [2.05, 4.69) is 9.97 Å². The summed E-state index contributed by atoms with van der Waals surface area (Å²) in [5.74, 6) is 0.495. The average molecular weight is 339 g/mol. The molecule has 1 unspecified atom stereocenters. The van der Waals surface area contributed by atoms with Crippen LogP contribution in [0.1, 0.15) is 23.7 Å². The molecule has 1 atom stereocenters. The van der Waals surface area contributed by atoms with Gasteiger partial charge in [-0.25, -0.2) is 4.98 Å². The summed E-state index contributed by atoms with van der Waals surface area (Å²) in [6, 6.07) is 5.72. The molecule has 0 aliphatic rings. The van der Waals surface area contributed by atoms with Gasteiger partial charge in [0, 0.05) is 16.0 Å². The van der Waals surface area contributed by atoms with E-state index >= 15 is 0 Å². The number of aryl methyl sites for hydroxylation is 1. The molecule has 0 amide bonds. The Bertz CT molecular complexity index is 883. The molecule has 3 rings (SSSR count). The second-order valence-corrected chi connectivity index (χ2v) is 6.78. The molecule has 0 fully saturated rings. The molecule has 0 bridgehead atoms. The summed E-state index contributed by atoms with van der Waals surface area (Å²) in [4.78, 5) is 20.2. The second-order valence-electron chi connectivity index (χ2n) is 4.86. The molecular formula is C15H12Cl2N2OS. The lowest BCUT2D eigenvalue weighted by atomic mass is 10.0. The van der Waals surface area contributed by atoms with E-state index in [1.165, 1.54) is 11.3 Å². The van der Waals surface area contributed by atoms with E-state index < -0.39 is 0 Å². The van der Waals surface area contributed by atoms with Gasteiger partial charge in [-0.1, -0.05) is 17.7 Å². The van der Waals surface area contributed by atoms with Crippen LogP contribution in [0.4, 0.5) is 0 Å². The number of halogens is 2. The highest BCUT2D eigenvalue weighted by molar-refractivity contribution is 7.17. The highest BCUT2D eigenvalue weighted by Crippen LogP contribution is 2.33. The monoisotopic (exact) mass is 338 g/mol. The van der Waals surface area contributed by atoms with Gasteiger partial charge in [-0.3, -0.25) is 4.79 Å². The normalized spacial score (nSPS) is 12.8. The van der Waals surface area contributed by atoms with Crippen LogP contribution in [0.3, 0.4) is 0 Å². The van der Waals surface area contributed by atoms with Gasteiger partial charge in [-0.05, 0) is 37.1 Å². The van der Waals surface area contributed by atoms with Crippen molar-refractivity contribution in [3.8, 4) is 11.1 Å².